The fourth-order valence-corrected chi connectivity index (χ4v) is 1.11. The van der Waals surface area contributed by atoms with Crippen LogP contribution in [-0.2, 0) is 16.0 Å². The third-order valence-electron chi connectivity index (χ3n) is 1.87. The van der Waals surface area contributed by atoms with Crippen molar-refractivity contribution in [2.75, 3.05) is 13.7 Å². The normalized spacial score (nSPS) is 9.40. The van der Waals surface area contributed by atoms with Crippen molar-refractivity contribution >= 4 is 5.97 Å². The summed E-state index contributed by atoms with van der Waals surface area (Å²) in [5.74, 6) is 0.526. The number of hydrogen-bond acceptors (Lipinski definition) is 3. The second kappa shape index (κ2) is 5.86. The Bertz CT molecular complexity index is 327. The molecule has 0 bridgehead atoms. The van der Waals surface area contributed by atoms with E-state index in [0.29, 0.717) is 0 Å². The number of rotatable bonds is 5. The van der Waals surface area contributed by atoms with E-state index in [4.69, 9.17) is 9.47 Å². The first-order valence-electron chi connectivity index (χ1n) is 4.65. The van der Waals surface area contributed by atoms with Crippen LogP contribution in [0.2, 0.25) is 0 Å². The zero-order valence-electron chi connectivity index (χ0n) is 8.73. The minimum absolute atomic E-state index is 0.250. The van der Waals surface area contributed by atoms with Crippen LogP contribution in [0.3, 0.4) is 0 Å². The number of benzene rings is 1. The molecule has 0 aliphatic rings. The summed E-state index contributed by atoms with van der Waals surface area (Å²) in [6.07, 6.45) is 1.82. The van der Waals surface area contributed by atoms with Crippen LogP contribution >= 0.6 is 0 Å². The highest BCUT2D eigenvalue weighted by atomic mass is 16.5. The van der Waals surface area contributed by atoms with Crippen molar-refractivity contribution in [2.45, 2.75) is 6.42 Å². The van der Waals surface area contributed by atoms with E-state index >= 15 is 0 Å². The smallest absolute Gasteiger partial charge is 0.310 e. The first-order chi connectivity index (χ1) is 7.26. The van der Waals surface area contributed by atoms with Gasteiger partial charge in [-0.05, 0) is 17.7 Å². The Morgan fingerprint density at radius 1 is 1.40 bits per heavy atom. The number of carbonyl (C=O) groups excluding carboxylic acids is 1. The minimum atomic E-state index is -0.250. The van der Waals surface area contributed by atoms with Crippen LogP contribution in [0.15, 0.2) is 36.9 Å². The van der Waals surface area contributed by atoms with Crippen LogP contribution in [0.4, 0.5) is 0 Å². The van der Waals surface area contributed by atoms with Gasteiger partial charge in [-0.3, -0.25) is 4.79 Å². The zero-order chi connectivity index (χ0) is 11.1. The van der Waals surface area contributed by atoms with Gasteiger partial charge in [0.1, 0.15) is 12.4 Å². The van der Waals surface area contributed by atoms with E-state index in [1.807, 2.05) is 24.3 Å². The minimum Gasteiger partial charge on any atom is -0.497 e. The lowest BCUT2D eigenvalue weighted by Crippen LogP contribution is -2.07. The van der Waals surface area contributed by atoms with Crippen molar-refractivity contribution in [2.24, 2.45) is 0 Å². The van der Waals surface area contributed by atoms with Gasteiger partial charge in [0.15, 0.2) is 0 Å². The zero-order valence-corrected chi connectivity index (χ0v) is 8.73. The standard InChI is InChI=1S/C12H14O3/c1-3-8-15-12(13)9-10-4-6-11(14-2)7-5-10/h3-7H,1,8-9H2,2H3. The van der Waals surface area contributed by atoms with Gasteiger partial charge in [-0.2, -0.15) is 0 Å². The van der Waals surface area contributed by atoms with Gasteiger partial charge in [0.05, 0.1) is 13.5 Å². The van der Waals surface area contributed by atoms with Crippen molar-refractivity contribution in [3.63, 3.8) is 0 Å². The Morgan fingerprint density at radius 3 is 2.60 bits per heavy atom. The van der Waals surface area contributed by atoms with Gasteiger partial charge in [-0.15, -0.1) is 0 Å². The van der Waals surface area contributed by atoms with Crippen LogP contribution in [0, 0.1) is 0 Å². The quantitative estimate of drug-likeness (QED) is 0.545. The van der Waals surface area contributed by atoms with Gasteiger partial charge in [0.2, 0.25) is 0 Å². The summed E-state index contributed by atoms with van der Waals surface area (Å²) in [5, 5.41) is 0. The Morgan fingerprint density at radius 2 is 2.07 bits per heavy atom. The monoisotopic (exact) mass is 206 g/mol. The predicted molar refractivity (Wildman–Crippen MR) is 57.9 cm³/mol. The first-order valence-corrected chi connectivity index (χ1v) is 4.65. The fraction of sp³-hybridized carbons (Fsp3) is 0.250. The third kappa shape index (κ3) is 3.85. The molecule has 3 heteroatoms. The maximum atomic E-state index is 11.2. The molecule has 1 aromatic carbocycles. The molecule has 0 amide bonds. The molecule has 0 radical (unpaired) electrons. The molecule has 0 N–H and O–H groups in total. The average molecular weight is 206 g/mol. The summed E-state index contributed by atoms with van der Waals surface area (Å²) in [7, 11) is 1.60. The van der Waals surface area contributed by atoms with E-state index < -0.39 is 0 Å². The highest BCUT2D eigenvalue weighted by Crippen LogP contribution is 2.11. The molecule has 0 spiro atoms. The highest BCUT2D eigenvalue weighted by molar-refractivity contribution is 5.72. The molecule has 0 atom stereocenters. The summed E-state index contributed by atoms with van der Waals surface area (Å²) < 4.78 is 9.87. The molecule has 0 saturated carbocycles. The molecule has 15 heavy (non-hydrogen) atoms. The summed E-state index contributed by atoms with van der Waals surface area (Å²) >= 11 is 0. The highest BCUT2D eigenvalue weighted by Gasteiger charge is 2.03. The molecule has 80 valence electrons. The topological polar surface area (TPSA) is 35.5 Å². The predicted octanol–water partition coefficient (Wildman–Crippen LogP) is 1.97. The Hall–Kier alpha value is -1.77. The lowest BCUT2D eigenvalue weighted by atomic mass is 10.1. The number of ether oxygens (including phenoxy) is 2. The molecular formula is C12H14O3. The maximum Gasteiger partial charge on any atom is 0.310 e. The van der Waals surface area contributed by atoms with Crippen molar-refractivity contribution in [1.82, 2.24) is 0 Å². The molecule has 0 aliphatic heterocycles. The number of methoxy groups -OCH3 is 1. The van der Waals surface area contributed by atoms with Gasteiger partial charge >= 0.3 is 5.97 Å². The van der Waals surface area contributed by atoms with Gasteiger partial charge in [-0.1, -0.05) is 24.8 Å². The first kappa shape index (κ1) is 11.3. The Kier molecular flexibility index (Phi) is 4.41. The van der Waals surface area contributed by atoms with Crippen LogP contribution in [0.1, 0.15) is 5.56 Å². The van der Waals surface area contributed by atoms with Crippen LogP contribution in [0.5, 0.6) is 5.75 Å². The summed E-state index contributed by atoms with van der Waals surface area (Å²) in [5.41, 5.74) is 0.907. The largest absolute Gasteiger partial charge is 0.497 e. The molecule has 0 heterocycles. The third-order valence-corrected chi connectivity index (χ3v) is 1.87. The van der Waals surface area contributed by atoms with E-state index in [9.17, 15) is 4.79 Å². The van der Waals surface area contributed by atoms with Crippen molar-refractivity contribution in [3.8, 4) is 5.75 Å². The molecule has 0 unspecified atom stereocenters. The van der Waals surface area contributed by atoms with Crippen molar-refractivity contribution in [1.29, 1.82) is 0 Å². The van der Waals surface area contributed by atoms with Crippen molar-refractivity contribution in [3.05, 3.63) is 42.5 Å². The Balaban J connectivity index is 2.49. The van der Waals surface area contributed by atoms with E-state index in [0.717, 1.165) is 11.3 Å². The van der Waals surface area contributed by atoms with E-state index in [1.165, 1.54) is 0 Å². The number of hydrogen-bond donors (Lipinski definition) is 0. The van der Waals surface area contributed by atoms with E-state index in [-0.39, 0.29) is 19.0 Å². The van der Waals surface area contributed by atoms with Gasteiger partial charge in [0.25, 0.3) is 0 Å². The molecule has 0 aliphatic carbocycles. The molecule has 1 aromatic rings. The second-order valence-electron chi connectivity index (χ2n) is 3.00. The summed E-state index contributed by atoms with van der Waals surface area (Å²) in [6.45, 7) is 3.73. The van der Waals surface area contributed by atoms with E-state index in [2.05, 4.69) is 6.58 Å². The Labute approximate surface area is 89.3 Å². The molecule has 0 aromatic heterocycles. The number of carbonyl (C=O) groups is 1. The molecule has 1 rings (SSSR count). The molecule has 0 saturated heterocycles. The van der Waals surface area contributed by atoms with Gasteiger partial charge < -0.3 is 9.47 Å². The lowest BCUT2D eigenvalue weighted by Gasteiger charge is -2.03. The fourth-order valence-electron chi connectivity index (χ4n) is 1.11. The maximum absolute atomic E-state index is 11.2. The SMILES string of the molecule is C=CCOC(=O)Cc1ccc(OC)cc1. The number of esters is 1. The lowest BCUT2D eigenvalue weighted by molar-refractivity contribution is -0.141. The molecular weight excluding hydrogens is 192 g/mol. The second-order valence-corrected chi connectivity index (χ2v) is 3.00. The molecule has 0 fully saturated rings. The summed E-state index contributed by atoms with van der Waals surface area (Å²) in [6, 6.07) is 7.31. The van der Waals surface area contributed by atoms with Gasteiger partial charge in [-0.25, -0.2) is 0 Å². The van der Waals surface area contributed by atoms with Gasteiger partial charge in [0, 0.05) is 0 Å². The molecule has 3 nitrogen and oxygen atoms in total. The summed E-state index contributed by atoms with van der Waals surface area (Å²) in [4.78, 5) is 11.2. The van der Waals surface area contributed by atoms with Crippen molar-refractivity contribution < 1.29 is 14.3 Å². The van der Waals surface area contributed by atoms with E-state index in [1.54, 1.807) is 13.2 Å². The van der Waals surface area contributed by atoms with Crippen LogP contribution in [0.25, 0.3) is 0 Å². The average Bonchev–Trinajstić information content (AvgIpc) is 2.27. The van der Waals surface area contributed by atoms with Crippen LogP contribution in [-0.4, -0.2) is 19.7 Å². The van der Waals surface area contributed by atoms with Crippen LogP contribution < -0.4 is 4.74 Å².